The van der Waals surface area contributed by atoms with Gasteiger partial charge in [0.15, 0.2) is 11.5 Å². The second-order valence-electron chi connectivity index (χ2n) is 8.25. The monoisotopic (exact) mass is 419 g/mol. The Labute approximate surface area is 185 Å². The number of rotatable bonds is 10. The highest BCUT2D eigenvalue weighted by Gasteiger charge is 2.23. The van der Waals surface area contributed by atoms with Crippen molar-refractivity contribution >= 4 is 0 Å². The number of unbranched alkanes of at least 4 members (excludes halogenated alkanes) is 3. The number of methoxy groups -OCH3 is 1. The molecule has 1 aromatic heterocycles. The molecule has 5 heteroatoms. The van der Waals surface area contributed by atoms with Gasteiger partial charge in [-0.15, -0.1) is 0 Å². The van der Waals surface area contributed by atoms with Crippen LogP contribution in [0.2, 0.25) is 0 Å². The fraction of sp³-hybridized carbons (Fsp3) is 0.423. The number of H-pyrrole nitrogens is 1. The Balaban J connectivity index is 1.47. The summed E-state index contributed by atoms with van der Waals surface area (Å²) in [6, 6.07) is 16.8. The molecule has 0 saturated heterocycles. The van der Waals surface area contributed by atoms with Gasteiger partial charge in [-0.1, -0.05) is 56.5 Å². The van der Waals surface area contributed by atoms with Crippen molar-refractivity contribution < 1.29 is 9.47 Å². The van der Waals surface area contributed by atoms with Crippen LogP contribution in [0.3, 0.4) is 0 Å². The van der Waals surface area contributed by atoms with E-state index in [1.165, 1.54) is 36.1 Å². The minimum atomic E-state index is 0.724. The molecule has 1 aliphatic heterocycles. The molecule has 1 aliphatic rings. The maximum atomic E-state index is 5.98. The minimum absolute atomic E-state index is 0.724. The molecule has 31 heavy (non-hydrogen) atoms. The molecule has 5 nitrogen and oxygen atoms in total. The van der Waals surface area contributed by atoms with Crippen molar-refractivity contribution in [3.05, 3.63) is 65.4 Å². The van der Waals surface area contributed by atoms with Crippen molar-refractivity contribution in [3.8, 4) is 22.8 Å². The molecular weight excluding hydrogens is 386 g/mol. The molecule has 0 spiro atoms. The number of ether oxygens (including phenoxy) is 2. The van der Waals surface area contributed by atoms with Gasteiger partial charge >= 0.3 is 0 Å². The zero-order valence-electron chi connectivity index (χ0n) is 18.7. The molecule has 2 heterocycles. The number of nitrogens with zero attached hydrogens (tertiary/aromatic N) is 2. The van der Waals surface area contributed by atoms with Crippen molar-refractivity contribution in [2.24, 2.45) is 0 Å². The number of benzene rings is 2. The van der Waals surface area contributed by atoms with Crippen LogP contribution in [0, 0.1) is 0 Å². The van der Waals surface area contributed by atoms with E-state index in [9.17, 15) is 0 Å². The Bertz CT molecular complexity index is 968. The molecular formula is C26H33N3O2. The lowest BCUT2D eigenvalue weighted by molar-refractivity contribution is 0.245. The van der Waals surface area contributed by atoms with Crippen molar-refractivity contribution in [2.75, 3.05) is 20.3 Å². The van der Waals surface area contributed by atoms with Crippen molar-refractivity contribution in [2.45, 2.75) is 52.1 Å². The van der Waals surface area contributed by atoms with Crippen molar-refractivity contribution in [1.29, 1.82) is 0 Å². The third-order valence-corrected chi connectivity index (χ3v) is 5.95. The van der Waals surface area contributed by atoms with Gasteiger partial charge in [-0.25, -0.2) is 0 Å². The summed E-state index contributed by atoms with van der Waals surface area (Å²) in [4.78, 5) is 2.49. The lowest BCUT2D eigenvalue weighted by atomic mass is 10.00. The summed E-state index contributed by atoms with van der Waals surface area (Å²) in [6.45, 7) is 5.84. The number of aromatic amines is 1. The van der Waals surface area contributed by atoms with Crippen LogP contribution < -0.4 is 9.47 Å². The Morgan fingerprint density at radius 2 is 1.90 bits per heavy atom. The Hall–Kier alpha value is -2.79. The average Bonchev–Trinajstić information content (AvgIpc) is 3.23. The quantitative estimate of drug-likeness (QED) is 0.435. The summed E-state index contributed by atoms with van der Waals surface area (Å²) in [5.41, 5.74) is 5.96. The van der Waals surface area contributed by atoms with Crippen molar-refractivity contribution in [3.63, 3.8) is 0 Å². The van der Waals surface area contributed by atoms with E-state index in [4.69, 9.17) is 9.47 Å². The summed E-state index contributed by atoms with van der Waals surface area (Å²) in [7, 11) is 1.70. The standard InChI is InChI=1S/C26H33N3O2/c1-3-4-5-9-16-31-24-13-12-21(17-25(24)30-2)26-22-19-29(15-14-23(22)27-28-26)18-20-10-7-6-8-11-20/h6-8,10-13,17H,3-5,9,14-16,18-19H2,1-2H3,(H,27,28). The van der Waals surface area contributed by atoms with Gasteiger partial charge in [0.05, 0.1) is 19.4 Å². The normalized spacial score (nSPS) is 13.7. The van der Waals surface area contributed by atoms with E-state index in [-0.39, 0.29) is 0 Å². The highest BCUT2D eigenvalue weighted by atomic mass is 16.5. The van der Waals surface area contributed by atoms with Crippen LogP contribution in [0.25, 0.3) is 11.3 Å². The summed E-state index contributed by atoms with van der Waals surface area (Å²) in [5, 5.41) is 7.93. The van der Waals surface area contributed by atoms with E-state index in [1.54, 1.807) is 7.11 Å². The predicted octanol–water partition coefficient (Wildman–Crippen LogP) is 5.60. The van der Waals surface area contributed by atoms with E-state index in [0.29, 0.717) is 0 Å². The van der Waals surface area contributed by atoms with Gasteiger partial charge in [-0.3, -0.25) is 10.00 Å². The number of hydrogen-bond acceptors (Lipinski definition) is 4. The van der Waals surface area contributed by atoms with Crippen LogP contribution in [0.1, 0.15) is 49.4 Å². The number of nitrogens with one attached hydrogen (secondary N) is 1. The van der Waals surface area contributed by atoms with E-state index < -0.39 is 0 Å². The van der Waals surface area contributed by atoms with Crippen LogP contribution in [0.4, 0.5) is 0 Å². The van der Waals surface area contributed by atoms with Crippen LogP contribution in [-0.2, 0) is 19.5 Å². The molecule has 0 saturated carbocycles. The first kappa shape index (κ1) is 21.4. The molecule has 4 rings (SSSR count). The van der Waals surface area contributed by atoms with Crippen molar-refractivity contribution in [1.82, 2.24) is 15.1 Å². The fourth-order valence-corrected chi connectivity index (χ4v) is 4.21. The second-order valence-corrected chi connectivity index (χ2v) is 8.25. The van der Waals surface area contributed by atoms with Crippen LogP contribution in [0.15, 0.2) is 48.5 Å². The number of fused-ring (bicyclic) bond motifs is 1. The second kappa shape index (κ2) is 10.5. The molecule has 2 aromatic carbocycles. The van der Waals surface area contributed by atoms with E-state index in [1.807, 2.05) is 12.1 Å². The Morgan fingerprint density at radius 1 is 1.03 bits per heavy atom. The fourth-order valence-electron chi connectivity index (χ4n) is 4.21. The van der Waals surface area contributed by atoms with Gasteiger partial charge in [-0.05, 0) is 30.2 Å². The summed E-state index contributed by atoms with van der Waals surface area (Å²) in [6.07, 6.45) is 5.75. The molecule has 0 aliphatic carbocycles. The minimum Gasteiger partial charge on any atom is -0.493 e. The molecule has 164 valence electrons. The maximum absolute atomic E-state index is 5.98. The smallest absolute Gasteiger partial charge is 0.161 e. The highest BCUT2D eigenvalue weighted by molar-refractivity contribution is 5.68. The molecule has 0 radical (unpaired) electrons. The van der Waals surface area contributed by atoms with Gasteiger partial charge in [0.1, 0.15) is 0 Å². The molecule has 0 bridgehead atoms. The first-order valence-corrected chi connectivity index (χ1v) is 11.4. The molecule has 1 N–H and O–H groups in total. The summed E-state index contributed by atoms with van der Waals surface area (Å²) in [5.74, 6) is 1.57. The number of aromatic nitrogens is 2. The van der Waals surface area contributed by atoms with Crippen LogP contribution >= 0.6 is 0 Å². The van der Waals surface area contributed by atoms with Gasteiger partial charge in [0.2, 0.25) is 0 Å². The highest BCUT2D eigenvalue weighted by Crippen LogP contribution is 2.35. The van der Waals surface area contributed by atoms with Gasteiger partial charge < -0.3 is 9.47 Å². The molecule has 0 unspecified atom stereocenters. The SMILES string of the molecule is CCCCCCOc1ccc(-c2n[nH]c3c2CN(Cc2ccccc2)CC3)cc1OC. The summed E-state index contributed by atoms with van der Waals surface area (Å²) >= 11 is 0. The third kappa shape index (κ3) is 5.28. The zero-order chi connectivity index (χ0) is 21.5. The molecule has 0 fully saturated rings. The lowest BCUT2D eigenvalue weighted by Crippen LogP contribution is -2.29. The van der Waals surface area contributed by atoms with Crippen LogP contribution in [0.5, 0.6) is 11.5 Å². The lowest BCUT2D eigenvalue weighted by Gasteiger charge is -2.27. The van der Waals surface area contributed by atoms with Gasteiger partial charge in [-0.2, -0.15) is 5.10 Å². The maximum Gasteiger partial charge on any atom is 0.161 e. The number of hydrogen-bond donors (Lipinski definition) is 1. The van der Waals surface area contributed by atoms with Gasteiger partial charge in [0.25, 0.3) is 0 Å². The predicted molar refractivity (Wildman–Crippen MR) is 124 cm³/mol. The molecule has 3 aromatic rings. The Morgan fingerprint density at radius 3 is 2.71 bits per heavy atom. The molecule has 0 amide bonds. The first-order chi connectivity index (χ1) is 15.3. The zero-order valence-corrected chi connectivity index (χ0v) is 18.7. The van der Waals surface area contributed by atoms with E-state index >= 15 is 0 Å². The average molecular weight is 420 g/mol. The first-order valence-electron chi connectivity index (χ1n) is 11.4. The van der Waals surface area contributed by atoms with Crippen LogP contribution in [-0.4, -0.2) is 35.4 Å². The largest absolute Gasteiger partial charge is 0.493 e. The third-order valence-electron chi connectivity index (χ3n) is 5.95. The van der Waals surface area contributed by atoms with E-state index in [0.717, 1.165) is 61.8 Å². The topological polar surface area (TPSA) is 50.4 Å². The van der Waals surface area contributed by atoms with Gasteiger partial charge in [0, 0.05) is 42.9 Å². The van der Waals surface area contributed by atoms with E-state index in [2.05, 4.69) is 58.4 Å². The molecule has 0 atom stereocenters. The summed E-state index contributed by atoms with van der Waals surface area (Å²) < 4.78 is 11.6. The Kier molecular flexibility index (Phi) is 7.26.